The molecule has 7 aromatic carbocycles. The molecule has 0 aliphatic heterocycles. The highest BCUT2D eigenvalue weighted by atomic mass is 16.3. The average molecular weight is 897 g/mol. The van der Waals surface area contributed by atoms with Crippen molar-refractivity contribution in [2.24, 2.45) is 0 Å². The van der Waals surface area contributed by atoms with Crippen LogP contribution in [0.15, 0.2) is 228 Å². The van der Waals surface area contributed by atoms with Crippen LogP contribution in [0.2, 0.25) is 0 Å². The Morgan fingerprint density at radius 2 is 1.26 bits per heavy atom. The molecule has 1 N–H and O–H groups in total. The molecule has 10 aromatic rings. The van der Waals surface area contributed by atoms with Gasteiger partial charge in [-0.05, 0) is 108 Å². The summed E-state index contributed by atoms with van der Waals surface area (Å²) >= 11 is 0. The minimum atomic E-state index is 0.498. The van der Waals surface area contributed by atoms with Crippen LogP contribution in [0.4, 0.5) is 5.69 Å². The van der Waals surface area contributed by atoms with E-state index in [9.17, 15) is 0 Å². The molecule has 0 atom stereocenters. The fourth-order valence-corrected chi connectivity index (χ4v) is 9.11. The summed E-state index contributed by atoms with van der Waals surface area (Å²) in [6.45, 7) is 12.6. The molecule has 0 aliphatic carbocycles. The van der Waals surface area contributed by atoms with Gasteiger partial charge in [-0.25, -0.2) is 15.0 Å². The Hall–Kier alpha value is -8.61. The van der Waals surface area contributed by atoms with E-state index in [0.29, 0.717) is 23.1 Å². The molecule has 0 amide bonds. The number of hydrogen-bond acceptors (Lipinski definition) is 6. The number of unbranched alkanes of at least 4 members (excludes halogenated alkanes) is 1. The van der Waals surface area contributed by atoms with Gasteiger partial charge in [-0.3, -0.25) is 0 Å². The van der Waals surface area contributed by atoms with Crippen molar-refractivity contribution in [1.29, 1.82) is 0 Å². The Bertz CT molecular complexity index is 3640. The fourth-order valence-electron chi connectivity index (χ4n) is 9.11. The van der Waals surface area contributed by atoms with E-state index in [1.54, 1.807) is 0 Å². The highest BCUT2D eigenvalue weighted by Crippen LogP contribution is 2.41. The second kappa shape index (κ2) is 20.1. The van der Waals surface area contributed by atoms with Crippen LogP contribution in [0.25, 0.3) is 100 Å². The zero-order valence-electron chi connectivity index (χ0n) is 39.0. The van der Waals surface area contributed by atoms with E-state index in [1.807, 2.05) is 78.9 Å². The van der Waals surface area contributed by atoms with Gasteiger partial charge in [0.1, 0.15) is 22.3 Å². The van der Waals surface area contributed by atoms with Crippen molar-refractivity contribution in [3.05, 3.63) is 230 Å². The van der Waals surface area contributed by atoms with Crippen LogP contribution in [0.1, 0.15) is 50.7 Å². The summed E-state index contributed by atoms with van der Waals surface area (Å²) in [5.74, 6) is 1.54. The second-order valence-electron chi connectivity index (χ2n) is 16.9. The van der Waals surface area contributed by atoms with Gasteiger partial charge in [0, 0.05) is 44.1 Å². The predicted molar refractivity (Wildman–Crippen MR) is 290 cm³/mol. The van der Waals surface area contributed by atoms with Crippen molar-refractivity contribution in [2.75, 3.05) is 5.32 Å². The zero-order chi connectivity index (χ0) is 47.1. The SMILES string of the molecule is C=C/C=C(\C=CCC/C=C(\C=C)c1cc(-c2ccccc2)ccc1-c1nc(-c2cccc3c2oc2ccccc23)nc(-c2cccc3oc4ccc(N/C(=C/CC)CC)cc4c23)n1)c1ccccc1. The summed E-state index contributed by atoms with van der Waals surface area (Å²) < 4.78 is 13.1. The van der Waals surface area contributed by atoms with Crippen LogP contribution in [-0.4, -0.2) is 15.0 Å². The van der Waals surface area contributed by atoms with Crippen molar-refractivity contribution in [3.63, 3.8) is 0 Å². The van der Waals surface area contributed by atoms with Crippen molar-refractivity contribution in [1.82, 2.24) is 15.0 Å². The predicted octanol–water partition coefficient (Wildman–Crippen LogP) is 17.6. The highest BCUT2D eigenvalue weighted by Gasteiger charge is 2.22. The summed E-state index contributed by atoms with van der Waals surface area (Å²) in [7, 11) is 0. The molecule has 336 valence electrons. The average Bonchev–Trinajstić information content (AvgIpc) is 3.98. The lowest BCUT2D eigenvalue weighted by Crippen LogP contribution is -2.02. The molecule has 0 unspecified atom stereocenters. The van der Waals surface area contributed by atoms with Crippen molar-refractivity contribution in [3.8, 4) is 45.3 Å². The third-order valence-electron chi connectivity index (χ3n) is 12.5. The maximum atomic E-state index is 6.61. The standard InChI is InChI=1S/C63H52N4O2/c1-5-22-43(44-26-14-10-15-27-44)25-13-9-12-24-42(7-3)54-40-46(45-28-16-11-17-29-45)36-38-51(54)61-65-62(67-63(66-61)53-33-20-31-50-49-30-18-19-34-56(49)69-60(50)53)52-32-21-35-58-59(52)55-41-48(37-39-57(55)68-58)64-47(8-4)23-6-2/h5,7,10-11,13-41,64H,1,3,6,8-9,12H2,2,4H3/b25-13?,42-24+,43-22+,47-23+. The van der Waals surface area contributed by atoms with Gasteiger partial charge in [-0.2, -0.15) is 0 Å². The number of fused-ring (bicyclic) bond motifs is 6. The maximum Gasteiger partial charge on any atom is 0.167 e. The van der Waals surface area contributed by atoms with E-state index < -0.39 is 0 Å². The number of nitrogens with one attached hydrogen (secondary N) is 1. The number of allylic oxidation sites excluding steroid dienone is 10. The van der Waals surface area contributed by atoms with E-state index in [0.717, 1.165) is 120 Å². The summed E-state index contributed by atoms with van der Waals surface area (Å²) in [6, 6.07) is 54.0. The topological polar surface area (TPSA) is 77.0 Å². The van der Waals surface area contributed by atoms with Gasteiger partial charge >= 0.3 is 0 Å². The molecule has 6 nitrogen and oxygen atoms in total. The van der Waals surface area contributed by atoms with Crippen LogP contribution in [0.3, 0.4) is 0 Å². The molecule has 0 radical (unpaired) electrons. The number of nitrogens with zero attached hydrogens (tertiary/aromatic N) is 3. The number of benzene rings is 7. The molecular weight excluding hydrogens is 845 g/mol. The smallest absolute Gasteiger partial charge is 0.167 e. The number of hydrogen-bond donors (Lipinski definition) is 1. The summed E-state index contributed by atoms with van der Waals surface area (Å²) in [4.78, 5) is 16.1. The quantitative estimate of drug-likeness (QED) is 0.0769. The van der Waals surface area contributed by atoms with Crippen molar-refractivity contribution in [2.45, 2.75) is 39.5 Å². The van der Waals surface area contributed by atoms with Crippen molar-refractivity contribution >= 4 is 60.7 Å². The molecule has 0 aliphatic rings. The molecule has 10 rings (SSSR count). The Morgan fingerprint density at radius 1 is 0.565 bits per heavy atom. The van der Waals surface area contributed by atoms with E-state index in [4.69, 9.17) is 23.8 Å². The summed E-state index contributed by atoms with van der Waals surface area (Å²) in [5.41, 5.74) is 14.1. The van der Waals surface area contributed by atoms with Crippen molar-refractivity contribution < 1.29 is 8.83 Å². The first-order chi connectivity index (χ1) is 34.0. The first kappa shape index (κ1) is 44.2. The molecule has 6 heteroatoms. The molecule has 69 heavy (non-hydrogen) atoms. The normalized spacial score (nSPS) is 12.5. The minimum absolute atomic E-state index is 0.498. The lowest BCUT2D eigenvalue weighted by atomic mass is 9.93. The Balaban J connectivity index is 1.15. The molecule has 3 heterocycles. The van der Waals surface area contributed by atoms with Gasteiger partial charge in [0.2, 0.25) is 0 Å². The van der Waals surface area contributed by atoms with Crippen LogP contribution < -0.4 is 5.32 Å². The van der Waals surface area contributed by atoms with E-state index in [1.165, 1.54) is 5.70 Å². The van der Waals surface area contributed by atoms with Crippen LogP contribution in [0, 0.1) is 0 Å². The van der Waals surface area contributed by atoms with Gasteiger partial charge in [0.05, 0.1) is 5.56 Å². The minimum Gasteiger partial charge on any atom is -0.456 e. The number of para-hydroxylation sites is 2. The van der Waals surface area contributed by atoms with Crippen LogP contribution in [-0.2, 0) is 0 Å². The monoisotopic (exact) mass is 896 g/mol. The van der Waals surface area contributed by atoms with Gasteiger partial charge in [0.15, 0.2) is 17.5 Å². The zero-order valence-corrected chi connectivity index (χ0v) is 39.0. The van der Waals surface area contributed by atoms with E-state index in [-0.39, 0.29) is 0 Å². The van der Waals surface area contributed by atoms with E-state index in [2.05, 4.69) is 154 Å². The lowest BCUT2D eigenvalue weighted by molar-refractivity contribution is 0.668. The molecule has 0 bridgehead atoms. The van der Waals surface area contributed by atoms with E-state index >= 15 is 0 Å². The van der Waals surface area contributed by atoms with Gasteiger partial charge in [-0.15, -0.1) is 0 Å². The molecule has 0 fully saturated rings. The molecule has 0 saturated heterocycles. The third-order valence-corrected chi connectivity index (χ3v) is 12.5. The van der Waals surface area contributed by atoms with Crippen LogP contribution >= 0.6 is 0 Å². The summed E-state index contributed by atoms with van der Waals surface area (Å²) in [6.07, 6.45) is 18.1. The lowest BCUT2D eigenvalue weighted by Gasteiger charge is -2.15. The van der Waals surface area contributed by atoms with Gasteiger partial charge < -0.3 is 14.2 Å². The first-order valence-corrected chi connectivity index (χ1v) is 23.7. The Labute approximate surface area is 403 Å². The Kier molecular flexibility index (Phi) is 12.9. The number of aromatic nitrogens is 3. The molecule has 0 saturated carbocycles. The Morgan fingerprint density at radius 3 is 2.04 bits per heavy atom. The largest absolute Gasteiger partial charge is 0.456 e. The summed E-state index contributed by atoms with van der Waals surface area (Å²) in [5, 5.41) is 7.57. The number of rotatable bonds is 16. The molecule has 3 aromatic heterocycles. The molecule has 0 spiro atoms. The highest BCUT2D eigenvalue weighted by molar-refractivity contribution is 6.13. The van der Waals surface area contributed by atoms with Crippen LogP contribution in [0.5, 0.6) is 0 Å². The fraction of sp³-hybridized carbons (Fsp3) is 0.0952. The number of furan rings is 2. The second-order valence-corrected chi connectivity index (χ2v) is 16.9. The number of anilines is 1. The van der Waals surface area contributed by atoms with Gasteiger partial charge in [0.25, 0.3) is 0 Å². The maximum absolute atomic E-state index is 6.61. The van der Waals surface area contributed by atoms with Gasteiger partial charge in [-0.1, -0.05) is 179 Å². The third kappa shape index (κ3) is 9.13. The molecular formula is C63H52N4O2. The first-order valence-electron chi connectivity index (χ1n) is 23.7.